The third-order valence-electron chi connectivity index (χ3n) is 4.10. The monoisotopic (exact) mass is 285 g/mol. The highest BCUT2D eigenvalue weighted by Gasteiger charge is 2.38. The predicted octanol–water partition coefficient (Wildman–Crippen LogP) is 4.50. The zero-order valence-corrected chi connectivity index (χ0v) is 12.0. The molecule has 3 aromatic rings. The lowest BCUT2D eigenvalue weighted by Crippen LogP contribution is -2.24. The highest BCUT2D eigenvalue weighted by molar-refractivity contribution is 6.11. The standard InChI is InChI=1S/C20H15NO/c22-20-19(15-9-3-1-4-10-15)17-13-7-8-14-18(17)21(20)16-11-5-2-6-12-16/h1-14,19H/t19-/m1/s1. The van der Waals surface area contributed by atoms with Gasteiger partial charge >= 0.3 is 0 Å². The van der Waals surface area contributed by atoms with Gasteiger partial charge in [0.05, 0.1) is 11.6 Å². The molecule has 1 heterocycles. The normalized spacial score (nSPS) is 16.6. The van der Waals surface area contributed by atoms with E-state index < -0.39 is 0 Å². The van der Waals surface area contributed by atoms with Crippen molar-refractivity contribution in [1.82, 2.24) is 0 Å². The van der Waals surface area contributed by atoms with Crippen LogP contribution in [0.4, 0.5) is 11.4 Å². The van der Waals surface area contributed by atoms with Crippen LogP contribution in [-0.2, 0) is 4.79 Å². The average Bonchev–Trinajstić information content (AvgIpc) is 2.88. The zero-order valence-electron chi connectivity index (χ0n) is 12.0. The van der Waals surface area contributed by atoms with Crippen molar-refractivity contribution in [2.24, 2.45) is 0 Å². The number of hydrogen-bond acceptors (Lipinski definition) is 1. The Morgan fingerprint density at radius 1 is 0.682 bits per heavy atom. The maximum Gasteiger partial charge on any atom is 0.243 e. The van der Waals surface area contributed by atoms with Gasteiger partial charge in [0, 0.05) is 5.69 Å². The second kappa shape index (κ2) is 5.15. The van der Waals surface area contributed by atoms with Crippen LogP contribution < -0.4 is 4.90 Å². The Morgan fingerprint density at radius 3 is 2.00 bits per heavy atom. The molecule has 1 amide bonds. The molecule has 2 nitrogen and oxygen atoms in total. The van der Waals surface area contributed by atoms with Crippen LogP contribution in [0.1, 0.15) is 17.0 Å². The van der Waals surface area contributed by atoms with E-state index in [1.165, 1.54) is 0 Å². The van der Waals surface area contributed by atoms with Crippen LogP contribution in [0, 0.1) is 0 Å². The van der Waals surface area contributed by atoms with Crippen LogP contribution in [-0.4, -0.2) is 5.91 Å². The van der Waals surface area contributed by atoms with Crippen molar-refractivity contribution in [3.05, 3.63) is 96.1 Å². The molecule has 0 aromatic heterocycles. The maximum absolute atomic E-state index is 13.1. The van der Waals surface area contributed by atoms with Gasteiger partial charge in [-0.2, -0.15) is 0 Å². The topological polar surface area (TPSA) is 20.3 Å². The van der Waals surface area contributed by atoms with Crippen LogP contribution in [0.15, 0.2) is 84.9 Å². The third kappa shape index (κ3) is 1.92. The van der Waals surface area contributed by atoms with Gasteiger partial charge in [0.2, 0.25) is 5.91 Å². The molecule has 4 rings (SSSR count). The number of carbonyl (C=O) groups excluding carboxylic acids is 1. The molecule has 0 aliphatic carbocycles. The van der Waals surface area contributed by atoms with Gasteiger partial charge in [-0.1, -0.05) is 66.7 Å². The van der Waals surface area contributed by atoms with Gasteiger partial charge < -0.3 is 0 Å². The molecule has 0 radical (unpaired) electrons. The molecule has 0 N–H and O–H groups in total. The summed E-state index contributed by atoms with van der Waals surface area (Å²) in [6, 6.07) is 27.9. The van der Waals surface area contributed by atoms with E-state index in [0.717, 1.165) is 22.5 Å². The van der Waals surface area contributed by atoms with E-state index >= 15 is 0 Å². The lowest BCUT2D eigenvalue weighted by molar-refractivity contribution is -0.117. The van der Waals surface area contributed by atoms with E-state index in [1.807, 2.05) is 89.8 Å². The van der Waals surface area contributed by atoms with E-state index in [9.17, 15) is 4.79 Å². The number of anilines is 2. The van der Waals surface area contributed by atoms with Gasteiger partial charge in [-0.05, 0) is 29.3 Å². The van der Waals surface area contributed by atoms with Crippen molar-refractivity contribution < 1.29 is 4.79 Å². The Balaban J connectivity index is 1.89. The van der Waals surface area contributed by atoms with Crippen LogP contribution in [0.5, 0.6) is 0 Å². The molecule has 1 aliphatic rings. The van der Waals surface area contributed by atoms with Gasteiger partial charge in [-0.15, -0.1) is 0 Å². The van der Waals surface area contributed by atoms with E-state index in [1.54, 1.807) is 0 Å². The number of hydrogen-bond donors (Lipinski definition) is 0. The van der Waals surface area contributed by atoms with Gasteiger partial charge in [-0.3, -0.25) is 9.69 Å². The Morgan fingerprint density at radius 2 is 1.27 bits per heavy atom. The summed E-state index contributed by atoms with van der Waals surface area (Å²) in [7, 11) is 0. The minimum absolute atomic E-state index is 0.110. The zero-order chi connectivity index (χ0) is 14.9. The molecular formula is C20H15NO. The van der Waals surface area contributed by atoms with Crippen molar-refractivity contribution in [3.63, 3.8) is 0 Å². The van der Waals surface area contributed by atoms with E-state index in [2.05, 4.69) is 0 Å². The molecule has 2 heteroatoms. The Kier molecular flexibility index (Phi) is 3.01. The first-order valence-corrected chi connectivity index (χ1v) is 7.39. The van der Waals surface area contributed by atoms with Crippen molar-refractivity contribution >= 4 is 17.3 Å². The summed E-state index contributed by atoms with van der Waals surface area (Å²) in [4.78, 5) is 14.9. The van der Waals surface area contributed by atoms with Gasteiger partial charge in [-0.25, -0.2) is 0 Å². The summed E-state index contributed by atoms with van der Waals surface area (Å²) in [5, 5.41) is 0. The lowest BCUT2D eigenvalue weighted by Gasteiger charge is -2.18. The molecule has 0 spiro atoms. The number of rotatable bonds is 2. The van der Waals surface area contributed by atoms with E-state index in [4.69, 9.17) is 0 Å². The summed E-state index contributed by atoms with van der Waals surface area (Å²) in [5.74, 6) is -0.115. The van der Waals surface area contributed by atoms with E-state index in [0.29, 0.717) is 0 Å². The molecule has 1 atom stereocenters. The summed E-state index contributed by atoms with van der Waals surface area (Å²) < 4.78 is 0. The Hall–Kier alpha value is -2.87. The lowest BCUT2D eigenvalue weighted by atomic mass is 9.93. The molecule has 0 unspecified atom stereocenters. The highest BCUT2D eigenvalue weighted by atomic mass is 16.2. The van der Waals surface area contributed by atoms with Crippen molar-refractivity contribution in [2.45, 2.75) is 5.92 Å². The van der Waals surface area contributed by atoms with Gasteiger partial charge in [0.25, 0.3) is 0 Å². The van der Waals surface area contributed by atoms with Gasteiger partial charge in [0.1, 0.15) is 0 Å². The van der Waals surface area contributed by atoms with Crippen molar-refractivity contribution in [2.75, 3.05) is 4.90 Å². The fourth-order valence-electron chi connectivity index (χ4n) is 3.13. The quantitative estimate of drug-likeness (QED) is 0.679. The Labute approximate surface area is 129 Å². The average molecular weight is 285 g/mol. The molecule has 3 aromatic carbocycles. The summed E-state index contributed by atoms with van der Waals surface area (Å²) in [6.07, 6.45) is 0. The number of amides is 1. The molecule has 1 aliphatic heterocycles. The van der Waals surface area contributed by atoms with Crippen LogP contribution in [0.2, 0.25) is 0 Å². The van der Waals surface area contributed by atoms with Crippen molar-refractivity contribution in [3.8, 4) is 0 Å². The summed E-state index contributed by atoms with van der Waals surface area (Å²) in [5.41, 5.74) is 4.01. The smallest absolute Gasteiger partial charge is 0.243 e. The number of nitrogens with zero attached hydrogens (tertiary/aromatic N) is 1. The van der Waals surface area contributed by atoms with Crippen LogP contribution >= 0.6 is 0 Å². The number of para-hydroxylation sites is 2. The molecular weight excluding hydrogens is 270 g/mol. The van der Waals surface area contributed by atoms with E-state index in [-0.39, 0.29) is 11.8 Å². The largest absolute Gasteiger partial charge is 0.280 e. The number of fused-ring (bicyclic) bond motifs is 1. The minimum Gasteiger partial charge on any atom is -0.280 e. The molecule has 106 valence electrons. The first kappa shape index (κ1) is 12.8. The molecule has 0 fully saturated rings. The number of carbonyl (C=O) groups is 1. The SMILES string of the molecule is O=C1[C@H](c2ccccc2)c2ccccc2N1c1ccccc1. The minimum atomic E-state index is -0.224. The van der Waals surface area contributed by atoms with Crippen molar-refractivity contribution in [1.29, 1.82) is 0 Å². The molecule has 22 heavy (non-hydrogen) atoms. The van der Waals surface area contributed by atoms with Gasteiger partial charge in [0.15, 0.2) is 0 Å². The fourth-order valence-corrected chi connectivity index (χ4v) is 3.13. The highest BCUT2D eigenvalue weighted by Crippen LogP contribution is 2.44. The molecule has 0 saturated carbocycles. The summed E-state index contributed by atoms with van der Waals surface area (Å²) in [6.45, 7) is 0. The maximum atomic E-state index is 13.1. The van der Waals surface area contributed by atoms with Crippen LogP contribution in [0.3, 0.4) is 0 Å². The first-order valence-electron chi connectivity index (χ1n) is 7.39. The second-order valence-corrected chi connectivity index (χ2v) is 5.41. The first-order chi connectivity index (χ1) is 10.9. The number of benzene rings is 3. The Bertz CT molecular complexity index is 743. The molecule has 0 saturated heterocycles. The van der Waals surface area contributed by atoms with Crippen LogP contribution in [0.25, 0.3) is 0 Å². The second-order valence-electron chi connectivity index (χ2n) is 5.41. The molecule has 0 bridgehead atoms. The summed E-state index contributed by atoms with van der Waals surface area (Å²) >= 11 is 0. The predicted molar refractivity (Wildman–Crippen MR) is 88.3 cm³/mol. The third-order valence-corrected chi connectivity index (χ3v) is 4.10. The fraction of sp³-hybridized carbons (Fsp3) is 0.0500.